The van der Waals surface area contributed by atoms with Gasteiger partial charge < -0.3 is 5.11 Å². The fourth-order valence-electron chi connectivity index (χ4n) is 2.39. The molecule has 5 nitrogen and oxygen atoms in total. The Bertz CT molecular complexity index is 975. The molecule has 8 heteroatoms. The van der Waals surface area contributed by atoms with Gasteiger partial charge in [-0.2, -0.15) is 5.26 Å². The Morgan fingerprint density at radius 2 is 1.85 bits per heavy atom. The summed E-state index contributed by atoms with van der Waals surface area (Å²) in [5.41, 5.74) is 1.81. The number of amides is 2. The van der Waals surface area contributed by atoms with Crippen LogP contribution in [0.5, 0.6) is 5.75 Å². The van der Waals surface area contributed by atoms with Crippen molar-refractivity contribution in [1.82, 2.24) is 4.90 Å². The van der Waals surface area contributed by atoms with E-state index >= 15 is 0 Å². The van der Waals surface area contributed by atoms with E-state index in [-0.39, 0.29) is 23.4 Å². The molecule has 1 saturated heterocycles. The molecule has 1 heterocycles. The Labute approximate surface area is 181 Å². The van der Waals surface area contributed by atoms with Crippen molar-refractivity contribution in [2.24, 2.45) is 0 Å². The summed E-state index contributed by atoms with van der Waals surface area (Å²) in [6.45, 7) is 0.0659. The fourth-order valence-corrected chi connectivity index (χ4v) is 5.05. The topological polar surface area (TPSA) is 81.4 Å². The molecule has 130 valence electrons. The molecule has 2 aromatic carbocycles. The smallest absolute Gasteiger partial charge is 0.293 e. The lowest BCUT2D eigenvalue weighted by molar-refractivity contribution is -0.123. The third kappa shape index (κ3) is 3.89. The van der Waals surface area contributed by atoms with Crippen LogP contribution < -0.4 is 0 Å². The molecule has 26 heavy (non-hydrogen) atoms. The highest BCUT2D eigenvalue weighted by atomic mass is 127. The Kier molecular flexibility index (Phi) is 5.89. The van der Waals surface area contributed by atoms with Gasteiger partial charge in [0.05, 0.1) is 30.2 Å². The van der Waals surface area contributed by atoms with Gasteiger partial charge in [0.2, 0.25) is 0 Å². The number of thioether (sulfide) groups is 1. The molecular formula is C18H10I2N2O3S. The van der Waals surface area contributed by atoms with Gasteiger partial charge >= 0.3 is 0 Å². The van der Waals surface area contributed by atoms with E-state index in [0.29, 0.717) is 23.2 Å². The summed E-state index contributed by atoms with van der Waals surface area (Å²) in [4.78, 5) is 26.4. The monoisotopic (exact) mass is 588 g/mol. The number of nitrogens with zero attached hydrogens (tertiary/aromatic N) is 2. The van der Waals surface area contributed by atoms with Crippen LogP contribution in [0.25, 0.3) is 6.08 Å². The Balaban J connectivity index is 1.89. The van der Waals surface area contributed by atoms with Crippen LogP contribution in [0.3, 0.4) is 0 Å². The molecule has 0 aliphatic carbocycles. The average molecular weight is 588 g/mol. The first-order valence-electron chi connectivity index (χ1n) is 7.32. The van der Waals surface area contributed by atoms with E-state index in [1.807, 2.05) is 45.2 Å². The minimum atomic E-state index is -0.383. The predicted molar refractivity (Wildman–Crippen MR) is 116 cm³/mol. The number of nitriles is 1. The molecule has 0 unspecified atom stereocenters. The van der Waals surface area contributed by atoms with Gasteiger partial charge in [0.15, 0.2) is 0 Å². The van der Waals surface area contributed by atoms with E-state index < -0.39 is 0 Å². The van der Waals surface area contributed by atoms with Crippen molar-refractivity contribution in [3.05, 3.63) is 65.1 Å². The predicted octanol–water partition coefficient (Wildman–Crippen LogP) is 4.71. The highest BCUT2D eigenvalue weighted by Gasteiger charge is 2.35. The van der Waals surface area contributed by atoms with Gasteiger partial charge in [-0.1, -0.05) is 18.2 Å². The number of hydrogen-bond acceptors (Lipinski definition) is 5. The normalized spacial score (nSPS) is 15.6. The van der Waals surface area contributed by atoms with Crippen LogP contribution in [0, 0.1) is 18.5 Å². The minimum Gasteiger partial charge on any atom is -0.506 e. The van der Waals surface area contributed by atoms with E-state index in [1.165, 1.54) is 0 Å². The van der Waals surface area contributed by atoms with Gasteiger partial charge in [-0.15, -0.1) is 0 Å². The van der Waals surface area contributed by atoms with Gasteiger partial charge in [0.1, 0.15) is 5.75 Å². The van der Waals surface area contributed by atoms with E-state index in [9.17, 15) is 14.7 Å². The van der Waals surface area contributed by atoms with Gasteiger partial charge in [-0.25, -0.2) is 0 Å². The lowest BCUT2D eigenvalue weighted by Crippen LogP contribution is -2.27. The van der Waals surface area contributed by atoms with Crippen molar-refractivity contribution in [3.63, 3.8) is 0 Å². The van der Waals surface area contributed by atoms with Crippen molar-refractivity contribution in [2.45, 2.75) is 6.54 Å². The van der Waals surface area contributed by atoms with Crippen LogP contribution in [-0.4, -0.2) is 21.2 Å². The number of phenols is 1. The van der Waals surface area contributed by atoms with Crippen molar-refractivity contribution < 1.29 is 14.7 Å². The maximum absolute atomic E-state index is 12.6. The standard InChI is InChI=1S/C18H10I2N2O3S/c19-13-5-10(6-14(20)16(13)23)7-15-17(24)22(18(25)26-15)9-12-4-2-1-3-11(12)8-21/h1-7,23H,9H2/b15-7+. The Hall–Kier alpha value is -1.58. The second kappa shape index (κ2) is 7.98. The molecule has 1 aliphatic heterocycles. The minimum absolute atomic E-state index is 0.0659. The second-order valence-corrected chi connectivity index (χ2v) is 8.69. The summed E-state index contributed by atoms with van der Waals surface area (Å²) in [6, 6.07) is 12.5. The van der Waals surface area contributed by atoms with Crippen LogP contribution in [0.1, 0.15) is 16.7 Å². The third-order valence-corrected chi connectivity index (χ3v) is 6.23. The van der Waals surface area contributed by atoms with E-state index in [1.54, 1.807) is 42.5 Å². The summed E-state index contributed by atoms with van der Waals surface area (Å²) in [6.07, 6.45) is 1.64. The second-order valence-electron chi connectivity index (χ2n) is 5.37. The third-order valence-electron chi connectivity index (χ3n) is 3.68. The molecule has 0 radical (unpaired) electrons. The van der Waals surface area contributed by atoms with Gasteiger partial charge in [-0.3, -0.25) is 14.5 Å². The van der Waals surface area contributed by atoms with Crippen molar-refractivity contribution >= 4 is 74.2 Å². The van der Waals surface area contributed by atoms with Crippen LogP contribution in [-0.2, 0) is 11.3 Å². The molecule has 1 fully saturated rings. The lowest BCUT2D eigenvalue weighted by Gasteiger charge is -2.13. The SMILES string of the molecule is N#Cc1ccccc1CN1C(=O)S/C(=C/c2cc(I)c(O)c(I)c2)C1=O. The van der Waals surface area contributed by atoms with E-state index in [0.717, 1.165) is 22.2 Å². The molecule has 0 bridgehead atoms. The van der Waals surface area contributed by atoms with Crippen LogP contribution >= 0.6 is 56.9 Å². The zero-order valence-corrected chi connectivity index (χ0v) is 18.2. The van der Waals surface area contributed by atoms with Crippen molar-refractivity contribution in [2.75, 3.05) is 0 Å². The zero-order chi connectivity index (χ0) is 18.8. The Morgan fingerprint density at radius 1 is 1.19 bits per heavy atom. The first-order valence-corrected chi connectivity index (χ1v) is 10.3. The van der Waals surface area contributed by atoms with Crippen LogP contribution in [0.4, 0.5) is 4.79 Å². The highest BCUT2D eigenvalue weighted by molar-refractivity contribution is 14.1. The number of phenolic OH excluding ortho intramolecular Hbond substituents is 1. The molecule has 2 amide bonds. The number of carbonyl (C=O) groups excluding carboxylic acids is 2. The van der Waals surface area contributed by atoms with Crippen LogP contribution in [0.2, 0.25) is 0 Å². The number of hydrogen-bond donors (Lipinski definition) is 1. The summed E-state index contributed by atoms with van der Waals surface area (Å²) in [5.74, 6) is -0.185. The molecular weight excluding hydrogens is 578 g/mol. The summed E-state index contributed by atoms with van der Waals surface area (Å²) in [5, 5.41) is 18.6. The quantitative estimate of drug-likeness (QED) is 0.416. The van der Waals surface area contributed by atoms with Gasteiger partial charge in [0, 0.05) is 0 Å². The Morgan fingerprint density at radius 3 is 2.50 bits per heavy atom. The number of halogens is 2. The van der Waals surface area contributed by atoms with Crippen LogP contribution in [0.15, 0.2) is 41.3 Å². The first-order chi connectivity index (χ1) is 12.4. The number of benzene rings is 2. The fraction of sp³-hybridized carbons (Fsp3) is 0.0556. The number of rotatable bonds is 3. The summed E-state index contributed by atoms with van der Waals surface area (Å²) in [7, 11) is 0. The van der Waals surface area contributed by atoms with Crippen molar-refractivity contribution in [1.29, 1.82) is 5.26 Å². The highest BCUT2D eigenvalue weighted by Crippen LogP contribution is 2.35. The largest absolute Gasteiger partial charge is 0.506 e. The number of carbonyl (C=O) groups is 2. The maximum atomic E-state index is 12.6. The summed E-state index contributed by atoms with van der Waals surface area (Å²) < 4.78 is 1.34. The number of aromatic hydroxyl groups is 1. The van der Waals surface area contributed by atoms with Gasteiger partial charge in [-0.05, 0) is 92.3 Å². The molecule has 0 aromatic heterocycles. The lowest BCUT2D eigenvalue weighted by atomic mass is 10.1. The molecule has 0 saturated carbocycles. The molecule has 0 atom stereocenters. The maximum Gasteiger partial charge on any atom is 0.293 e. The number of imide groups is 1. The molecule has 1 aliphatic rings. The summed E-state index contributed by atoms with van der Waals surface area (Å²) >= 11 is 4.90. The molecule has 2 aromatic rings. The molecule has 0 spiro atoms. The van der Waals surface area contributed by atoms with E-state index in [4.69, 9.17) is 5.26 Å². The first kappa shape index (κ1) is 19.2. The van der Waals surface area contributed by atoms with Crippen molar-refractivity contribution in [3.8, 4) is 11.8 Å². The molecule has 1 N–H and O–H groups in total. The van der Waals surface area contributed by atoms with Gasteiger partial charge in [0.25, 0.3) is 11.1 Å². The molecule has 3 rings (SSSR count). The van der Waals surface area contributed by atoms with E-state index in [2.05, 4.69) is 6.07 Å². The average Bonchev–Trinajstić information content (AvgIpc) is 2.87. The zero-order valence-electron chi connectivity index (χ0n) is 13.1.